The third kappa shape index (κ3) is 4.44. The first-order chi connectivity index (χ1) is 14.0. The molecule has 4 rings (SSSR count). The Bertz CT molecular complexity index is 1210. The molecule has 0 amide bonds. The zero-order valence-corrected chi connectivity index (χ0v) is 17.9. The molecular weight excluding hydrogens is 452 g/mol. The Balaban J connectivity index is 1.73. The number of fused-ring (bicyclic) bond motifs is 1. The van der Waals surface area contributed by atoms with Gasteiger partial charge >= 0.3 is 5.97 Å². The molecule has 2 N–H and O–H groups in total. The van der Waals surface area contributed by atoms with E-state index in [4.69, 9.17) is 0 Å². The lowest BCUT2D eigenvalue weighted by Crippen LogP contribution is -1.98. The quantitative estimate of drug-likeness (QED) is 0.303. The van der Waals surface area contributed by atoms with Crippen molar-refractivity contribution in [2.24, 2.45) is 0 Å². The second-order valence-electron chi connectivity index (χ2n) is 6.48. The van der Waals surface area contributed by atoms with Crippen LogP contribution in [0.3, 0.4) is 0 Å². The number of carbonyl (C=O) groups is 1. The van der Waals surface area contributed by atoms with E-state index < -0.39 is 5.97 Å². The second kappa shape index (κ2) is 8.26. The summed E-state index contributed by atoms with van der Waals surface area (Å²) in [5.74, 6) is -0.370. The molecule has 6 nitrogen and oxygen atoms in total. The number of para-hydroxylation sites is 1. The Labute approximate surface area is 179 Å². The van der Waals surface area contributed by atoms with Crippen LogP contribution in [0, 0.1) is 6.92 Å². The maximum atomic E-state index is 11.8. The summed E-state index contributed by atoms with van der Waals surface area (Å²) in [5.41, 5.74) is 3.05. The van der Waals surface area contributed by atoms with Gasteiger partial charge < -0.3 is 9.67 Å². The highest BCUT2D eigenvalue weighted by Gasteiger charge is 2.15. The smallest absolute Gasteiger partial charge is 0.342 e. The van der Waals surface area contributed by atoms with E-state index in [1.807, 2.05) is 42.6 Å². The number of aromatic amines is 1. The third-order valence-electron chi connectivity index (χ3n) is 4.36. The van der Waals surface area contributed by atoms with Gasteiger partial charge in [-0.15, -0.1) is 5.10 Å². The topological polar surface area (TPSA) is 83.8 Å². The van der Waals surface area contributed by atoms with Gasteiger partial charge in [-0.3, -0.25) is 5.10 Å². The Kier molecular flexibility index (Phi) is 5.55. The van der Waals surface area contributed by atoms with Gasteiger partial charge in [0.25, 0.3) is 0 Å². The van der Waals surface area contributed by atoms with Gasteiger partial charge in [-0.1, -0.05) is 46.3 Å². The lowest BCUT2D eigenvalue weighted by molar-refractivity contribution is -0.131. The SMILES string of the molecule is Cc1nc(S/C(=C\c2cn(Cc3ccc(Br)cc3)c3ccccc23)C(=O)O)n[nH]1. The molecule has 0 bridgehead atoms. The first-order valence-electron chi connectivity index (χ1n) is 8.84. The number of H-pyrrole nitrogens is 1. The predicted molar refractivity (Wildman–Crippen MR) is 118 cm³/mol. The summed E-state index contributed by atoms with van der Waals surface area (Å²) in [6, 6.07) is 16.1. The lowest BCUT2D eigenvalue weighted by atomic mass is 10.1. The predicted octanol–water partition coefficient (Wildman–Crippen LogP) is 5.10. The van der Waals surface area contributed by atoms with E-state index in [-0.39, 0.29) is 4.91 Å². The summed E-state index contributed by atoms with van der Waals surface area (Å²) in [6.45, 7) is 2.47. The minimum absolute atomic E-state index is 0.163. The Morgan fingerprint density at radius 2 is 2.00 bits per heavy atom. The van der Waals surface area contributed by atoms with Gasteiger partial charge in [0.15, 0.2) is 0 Å². The molecule has 0 aliphatic carbocycles. The van der Waals surface area contributed by atoms with Crippen molar-refractivity contribution in [3.05, 3.63) is 81.1 Å². The molecule has 2 aromatic heterocycles. The highest BCUT2D eigenvalue weighted by Crippen LogP contribution is 2.30. The van der Waals surface area contributed by atoms with E-state index in [1.165, 1.54) is 0 Å². The van der Waals surface area contributed by atoms with Gasteiger partial charge in [0.1, 0.15) is 10.7 Å². The number of carboxylic acids is 1. The molecule has 0 fully saturated rings. The Morgan fingerprint density at radius 1 is 1.24 bits per heavy atom. The van der Waals surface area contributed by atoms with Crippen molar-refractivity contribution in [2.45, 2.75) is 18.6 Å². The van der Waals surface area contributed by atoms with Crippen molar-refractivity contribution >= 4 is 50.6 Å². The van der Waals surface area contributed by atoms with Crippen LogP contribution in [-0.4, -0.2) is 30.8 Å². The van der Waals surface area contributed by atoms with Crippen molar-refractivity contribution in [1.82, 2.24) is 19.7 Å². The van der Waals surface area contributed by atoms with E-state index in [0.717, 1.165) is 38.3 Å². The lowest BCUT2D eigenvalue weighted by Gasteiger charge is -2.05. The van der Waals surface area contributed by atoms with Crippen molar-refractivity contribution in [3.8, 4) is 0 Å². The van der Waals surface area contributed by atoms with Crippen LogP contribution in [0.1, 0.15) is 17.0 Å². The van der Waals surface area contributed by atoms with E-state index in [9.17, 15) is 9.90 Å². The van der Waals surface area contributed by atoms with Crippen molar-refractivity contribution in [3.63, 3.8) is 0 Å². The molecule has 146 valence electrons. The summed E-state index contributed by atoms with van der Waals surface area (Å²) < 4.78 is 3.17. The van der Waals surface area contributed by atoms with Gasteiger partial charge in [-0.05, 0) is 48.5 Å². The van der Waals surface area contributed by atoms with E-state index >= 15 is 0 Å². The van der Waals surface area contributed by atoms with Gasteiger partial charge in [-0.25, -0.2) is 9.78 Å². The number of benzene rings is 2. The molecule has 4 aromatic rings. The Hall–Kier alpha value is -2.84. The molecule has 0 saturated heterocycles. The number of hydrogen-bond acceptors (Lipinski definition) is 4. The molecule has 0 radical (unpaired) electrons. The van der Waals surface area contributed by atoms with Crippen LogP contribution in [0.4, 0.5) is 0 Å². The number of thioether (sulfide) groups is 1. The Morgan fingerprint density at radius 3 is 2.69 bits per heavy atom. The number of rotatable bonds is 6. The number of halogens is 1. The molecule has 2 heterocycles. The van der Waals surface area contributed by atoms with Crippen molar-refractivity contribution < 1.29 is 9.90 Å². The number of aromatic nitrogens is 4. The minimum atomic E-state index is -1.01. The van der Waals surface area contributed by atoms with E-state index in [0.29, 0.717) is 17.5 Å². The zero-order valence-electron chi connectivity index (χ0n) is 15.5. The molecule has 0 spiro atoms. The number of carboxylic acid groups (broad SMARTS) is 1. The van der Waals surface area contributed by atoms with Crippen LogP contribution in [0.5, 0.6) is 0 Å². The van der Waals surface area contributed by atoms with Gasteiger partial charge in [0.05, 0.1) is 0 Å². The number of aliphatic carboxylic acids is 1. The summed E-state index contributed by atoms with van der Waals surface area (Å²) in [6.07, 6.45) is 3.67. The summed E-state index contributed by atoms with van der Waals surface area (Å²) in [7, 11) is 0. The fraction of sp³-hybridized carbons (Fsp3) is 0.0952. The number of hydrogen-bond donors (Lipinski definition) is 2. The molecule has 29 heavy (non-hydrogen) atoms. The third-order valence-corrected chi connectivity index (χ3v) is 5.77. The summed E-state index contributed by atoms with van der Waals surface area (Å²) in [5, 5.41) is 17.8. The first-order valence-corrected chi connectivity index (χ1v) is 10.4. The molecule has 8 heteroatoms. The van der Waals surface area contributed by atoms with Crippen LogP contribution in [0.15, 0.2) is 69.3 Å². The van der Waals surface area contributed by atoms with Crippen LogP contribution < -0.4 is 0 Å². The van der Waals surface area contributed by atoms with Crippen molar-refractivity contribution in [1.29, 1.82) is 0 Å². The number of nitrogens with one attached hydrogen (secondary N) is 1. The van der Waals surface area contributed by atoms with Crippen molar-refractivity contribution in [2.75, 3.05) is 0 Å². The van der Waals surface area contributed by atoms with Gasteiger partial charge in [0.2, 0.25) is 5.16 Å². The minimum Gasteiger partial charge on any atom is -0.477 e. The fourth-order valence-electron chi connectivity index (χ4n) is 3.05. The molecule has 0 saturated carbocycles. The molecular formula is C21H17BrN4O2S. The summed E-state index contributed by atoms with van der Waals surface area (Å²) in [4.78, 5) is 16.2. The van der Waals surface area contributed by atoms with E-state index in [2.05, 4.69) is 47.8 Å². The highest BCUT2D eigenvalue weighted by atomic mass is 79.9. The zero-order chi connectivity index (χ0) is 20.4. The maximum absolute atomic E-state index is 11.8. The second-order valence-corrected chi connectivity index (χ2v) is 8.40. The number of nitrogens with zero attached hydrogens (tertiary/aromatic N) is 3. The van der Waals surface area contributed by atoms with E-state index in [1.54, 1.807) is 13.0 Å². The van der Waals surface area contributed by atoms with Gasteiger partial charge in [-0.2, -0.15) is 0 Å². The largest absolute Gasteiger partial charge is 0.477 e. The average molecular weight is 469 g/mol. The summed E-state index contributed by atoms with van der Waals surface area (Å²) >= 11 is 4.49. The molecule has 0 aliphatic heterocycles. The highest BCUT2D eigenvalue weighted by molar-refractivity contribution is 9.10. The average Bonchev–Trinajstić information content (AvgIpc) is 3.27. The molecule has 0 unspecified atom stereocenters. The first kappa shape index (κ1) is 19.5. The molecule has 0 atom stereocenters. The maximum Gasteiger partial charge on any atom is 0.342 e. The monoisotopic (exact) mass is 468 g/mol. The fourth-order valence-corrected chi connectivity index (χ4v) is 4.06. The normalized spacial score (nSPS) is 11.9. The number of aryl methyl sites for hydroxylation is 1. The molecule has 2 aromatic carbocycles. The van der Waals surface area contributed by atoms with Gasteiger partial charge in [0, 0.05) is 33.7 Å². The van der Waals surface area contributed by atoms with Crippen LogP contribution in [-0.2, 0) is 11.3 Å². The molecule has 0 aliphatic rings. The van der Waals surface area contributed by atoms with Crippen LogP contribution in [0.25, 0.3) is 17.0 Å². The standard InChI is InChI=1S/C21H17BrN4O2S/c1-13-23-21(25-24-13)29-19(20(27)28)10-15-12-26(18-5-3-2-4-17(15)18)11-14-6-8-16(22)9-7-14/h2-10,12H,11H2,1H3,(H,27,28)(H,23,24,25)/b19-10-. The van der Waals surface area contributed by atoms with Crippen LogP contribution in [0.2, 0.25) is 0 Å². The van der Waals surface area contributed by atoms with Crippen LogP contribution >= 0.6 is 27.7 Å².